The molecule has 0 aliphatic carbocycles. The largest absolute Gasteiger partial charge is 0.507 e. The topological polar surface area (TPSA) is 70.1 Å². The van der Waals surface area contributed by atoms with Crippen LogP contribution in [0.25, 0.3) is 5.76 Å². The molecule has 6 nitrogen and oxygen atoms in total. The van der Waals surface area contributed by atoms with Crippen molar-refractivity contribution in [1.29, 1.82) is 0 Å². The van der Waals surface area contributed by atoms with Gasteiger partial charge >= 0.3 is 0 Å². The number of ketones is 1. The second-order valence-corrected chi connectivity index (χ2v) is 8.16. The third-order valence-corrected chi connectivity index (χ3v) is 5.37. The highest BCUT2D eigenvalue weighted by Crippen LogP contribution is 2.39. The van der Waals surface area contributed by atoms with Gasteiger partial charge in [-0.3, -0.25) is 9.59 Å². The number of halogens is 1. The lowest BCUT2D eigenvalue weighted by Crippen LogP contribution is -2.35. The highest BCUT2D eigenvalue weighted by Gasteiger charge is 2.45. The Morgan fingerprint density at radius 1 is 1.10 bits per heavy atom. The average molecular weight is 443 g/mol. The van der Waals surface area contributed by atoms with E-state index in [9.17, 15) is 14.7 Å². The van der Waals surface area contributed by atoms with Gasteiger partial charge in [0.25, 0.3) is 11.7 Å². The van der Waals surface area contributed by atoms with Crippen molar-refractivity contribution in [3.63, 3.8) is 0 Å². The van der Waals surface area contributed by atoms with Crippen LogP contribution in [-0.4, -0.2) is 60.4 Å². The Kier molecular flexibility index (Phi) is 7.36. The average Bonchev–Trinajstić information content (AvgIpc) is 3.01. The Bertz CT molecular complexity index is 968. The van der Waals surface area contributed by atoms with E-state index in [1.54, 1.807) is 24.3 Å². The van der Waals surface area contributed by atoms with Crippen LogP contribution in [-0.2, 0) is 9.59 Å². The lowest BCUT2D eigenvalue weighted by molar-refractivity contribution is -0.140. The Morgan fingerprint density at radius 3 is 2.32 bits per heavy atom. The summed E-state index contributed by atoms with van der Waals surface area (Å²) in [4.78, 5) is 29.3. The third kappa shape index (κ3) is 5.09. The number of carbonyl (C=O) groups is 2. The van der Waals surface area contributed by atoms with E-state index in [2.05, 4.69) is 0 Å². The van der Waals surface area contributed by atoms with E-state index < -0.39 is 17.7 Å². The zero-order valence-corrected chi connectivity index (χ0v) is 18.7. The Labute approximate surface area is 187 Å². The molecule has 1 saturated heterocycles. The summed E-state index contributed by atoms with van der Waals surface area (Å²) in [7, 11) is 3.80. The molecule has 0 unspecified atom stereocenters. The minimum atomic E-state index is -0.692. The van der Waals surface area contributed by atoms with Crippen molar-refractivity contribution >= 4 is 29.1 Å². The number of aliphatic hydroxyl groups excluding tert-OH is 1. The fourth-order valence-corrected chi connectivity index (χ4v) is 3.62. The SMILES string of the molecule is CCCOc1ccc([C@@H]2C(=C(O)c3ccc(Cl)cc3)C(=O)C(=O)N2CCN(C)C)cc1. The van der Waals surface area contributed by atoms with Crippen LogP contribution in [0.2, 0.25) is 5.02 Å². The first-order valence-electron chi connectivity index (χ1n) is 10.2. The van der Waals surface area contributed by atoms with Crippen LogP contribution in [0.4, 0.5) is 0 Å². The lowest BCUT2D eigenvalue weighted by Gasteiger charge is -2.26. The standard InChI is InChI=1S/C24H27ClN2O4/c1-4-15-31-19-11-7-16(8-12-19)21-20(22(28)17-5-9-18(25)10-6-17)23(29)24(30)27(21)14-13-26(2)3/h5-12,21,28H,4,13-15H2,1-3H3/t21-/m1/s1. The molecule has 31 heavy (non-hydrogen) atoms. The van der Waals surface area contributed by atoms with E-state index in [0.29, 0.717) is 36.0 Å². The highest BCUT2D eigenvalue weighted by molar-refractivity contribution is 6.46. The number of likely N-dealkylation sites (tertiary alicyclic amines) is 1. The molecule has 2 aromatic carbocycles. The molecule has 1 heterocycles. The first kappa shape index (κ1) is 22.8. The van der Waals surface area contributed by atoms with Crippen molar-refractivity contribution in [3.05, 3.63) is 70.3 Å². The lowest BCUT2D eigenvalue weighted by atomic mass is 9.95. The van der Waals surface area contributed by atoms with Gasteiger partial charge in [0.05, 0.1) is 18.2 Å². The van der Waals surface area contributed by atoms with Crippen molar-refractivity contribution in [2.75, 3.05) is 33.8 Å². The van der Waals surface area contributed by atoms with Gasteiger partial charge in [-0.15, -0.1) is 0 Å². The molecule has 2 aromatic rings. The van der Waals surface area contributed by atoms with Crippen molar-refractivity contribution in [2.24, 2.45) is 0 Å². The first-order chi connectivity index (χ1) is 14.8. The number of rotatable bonds is 8. The molecule has 7 heteroatoms. The number of Topliss-reactive ketones (excluding diaryl/α,β-unsaturated/α-hetero) is 1. The van der Waals surface area contributed by atoms with E-state index in [-0.39, 0.29) is 11.3 Å². The molecule has 1 atom stereocenters. The molecule has 1 aliphatic rings. The second-order valence-electron chi connectivity index (χ2n) is 7.72. The predicted molar refractivity (Wildman–Crippen MR) is 121 cm³/mol. The van der Waals surface area contributed by atoms with Gasteiger partial charge in [-0.1, -0.05) is 30.7 Å². The normalized spacial score (nSPS) is 18.1. The van der Waals surface area contributed by atoms with Crippen LogP contribution < -0.4 is 4.74 Å². The minimum Gasteiger partial charge on any atom is -0.507 e. The fraction of sp³-hybridized carbons (Fsp3) is 0.333. The highest BCUT2D eigenvalue weighted by atomic mass is 35.5. The van der Waals surface area contributed by atoms with Gasteiger partial charge in [-0.2, -0.15) is 0 Å². The quantitative estimate of drug-likeness (QED) is 0.378. The maximum Gasteiger partial charge on any atom is 0.295 e. The van der Waals surface area contributed by atoms with Gasteiger partial charge in [0.1, 0.15) is 11.5 Å². The molecule has 3 rings (SSSR count). The van der Waals surface area contributed by atoms with Gasteiger partial charge in [0, 0.05) is 23.7 Å². The minimum absolute atomic E-state index is 0.0771. The molecule has 0 bridgehead atoms. The first-order valence-corrected chi connectivity index (χ1v) is 10.6. The summed E-state index contributed by atoms with van der Waals surface area (Å²) < 4.78 is 5.65. The van der Waals surface area contributed by atoms with Crippen LogP contribution in [0.3, 0.4) is 0 Å². The Hall–Kier alpha value is -2.83. The van der Waals surface area contributed by atoms with Gasteiger partial charge < -0.3 is 19.6 Å². The summed E-state index contributed by atoms with van der Waals surface area (Å²) in [6.45, 7) is 3.58. The molecular weight excluding hydrogens is 416 g/mol. The van der Waals surface area contributed by atoms with Crippen LogP contribution in [0.1, 0.15) is 30.5 Å². The summed E-state index contributed by atoms with van der Waals surface area (Å²) in [5.41, 5.74) is 1.24. The molecule has 0 aromatic heterocycles. The number of hydrogen-bond donors (Lipinski definition) is 1. The van der Waals surface area contributed by atoms with Gasteiger partial charge in [0.2, 0.25) is 0 Å². The number of benzene rings is 2. The van der Waals surface area contributed by atoms with Gasteiger partial charge in [0.15, 0.2) is 0 Å². The van der Waals surface area contributed by atoms with E-state index in [4.69, 9.17) is 16.3 Å². The summed E-state index contributed by atoms with van der Waals surface area (Å²) in [6.07, 6.45) is 0.896. The summed E-state index contributed by atoms with van der Waals surface area (Å²) >= 11 is 5.95. The Morgan fingerprint density at radius 2 is 1.74 bits per heavy atom. The fourth-order valence-electron chi connectivity index (χ4n) is 3.49. The van der Waals surface area contributed by atoms with E-state index in [0.717, 1.165) is 12.0 Å². The van der Waals surface area contributed by atoms with Crippen molar-refractivity contribution in [2.45, 2.75) is 19.4 Å². The number of likely N-dealkylation sites (N-methyl/N-ethyl adjacent to an activating group) is 1. The molecule has 1 fully saturated rings. The molecule has 0 saturated carbocycles. The predicted octanol–water partition coefficient (Wildman–Crippen LogP) is 4.11. The molecule has 1 N–H and O–H groups in total. The van der Waals surface area contributed by atoms with E-state index >= 15 is 0 Å². The molecule has 164 valence electrons. The molecule has 0 radical (unpaired) electrons. The van der Waals surface area contributed by atoms with Gasteiger partial charge in [-0.25, -0.2) is 0 Å². The second kappa shape index (κ2) is 9.98. The zero-order valence-electron chi connectivity index (χ0n) is 18.0. The van der Waals surface area contributed by atoms with Gasteiger partial charge in [-0.05, 0) is 62.5 Å². The summed E-state index contributed by atoms with van der Waals surface area (Å²) in [6, 6.07) is 13.1. The van der Waals surface area contributed by atoms with Crippen LogP contribution in [0.15, 0.2) is 54.1 Å². The maximum absolute atomic E-state index is 13.0. The van der Waals surface area contributed by atoms with Crippen molar-refractivity contribution < 1.29 is 19.4 Å². The summed E-state index contributed by atoms with van der Waals surface area (Å²) in [5.74, 6) is -0.802. The smallest absolute Gasteiger partial charge is 0.295 e. The summed E-state index contributed by atoms with van der Waals surface area (Å²) in [5, 5.41) is 11.5. The van der Waals surface area contributed by atoms with Crippen LogP contribution >= 0.6 is 11.6 Å². The molecule has 1 aliphatic heterocycles. The van der Waals surface area contributed by atoms with E-state index in [1.807, 2.05) is 50.2 Å². The monoisotopic (exact) mass is 442 g/mol. The number of aliphatic hydroxyl groups is 1. The number of ether oxygens (including phenoxy) is 1. The molecule has 1 amide bonds. The maximum atomic E-state index is 13.0. The molecule has 0 spiro atoms. The third-order valence-electron chi connectivity index (χ3n) is 5.11. The number of carbonyl (C=O) groups excluding carboxylic acids is 2. The number of amides is 1. The van der Waals surface area contributed by atoms with Crippen LogP contribution in [0, 0.1) is 0 Å². The Balaban J connectivity index is 2.06. The zero-order chi connectivity index (χ0) is 22.5. The number of hydrogen-bond acceptors (Lipinski definition) is 5. The van der Waals surface area contributed by atoms with Crippen molar-refractivity contribution in [1.82, 2.24) is 9.80 Å². The molecular formula is C24H27ClN2O4. The van der Waals surface area contributed by atoms with Crippen LogP contribution in [0.5, 0.6) is 5.75 Å². The number of nitrogens with zero attached hydrogens (tertiary/aromatic N) is 2. The van der Waals surface area contributed by atoms with E-state index in [1.165, 1.54) is 4.90 Å². The van der Waals surface area contributed by atoms with Crippen molar-refractivity contribution in [3.8, 4) is 5.75 Å².